The first-order chi connectivity index (χ1) is 9.29. The summed E-state index contributed by atoms with van der Waals surface area (Å²) in [5.41, 5.74) is 0.789. The number of carbonyl (C=O) groups is 1. The highest BCUT2D eigenvalue weighted by atomic mass is 35.5. The summed E-state index contributed by atoms with van der Waals surface area (Å²) in [6.45, 7) is 1.58. The maximum atomic E-state index is 12.0. The third kappa shape index (κ3) is 3.18. The van der Waals surface area contributed by atoms with Gasteiger partial charge in [-0.05, 0) is 36.8 Å². The Morgan fingerprint density at radius 2 is 2.00 bits per heavy atom. The van der Waals surface area contributed by atoms with E-state index in [4.69, 9.17) is 16.7 Å². The van der Waals surface area contributed by atoms with Crippen molar-refractivity contribution < 1.29 is 13.2 Å². The summed E-state index contributed by atoms with van der Waals surface area (Å²) in [6.07, 6.45) is 0. The molecule has 1 aromatic heterocycles. The lowest BCUT2D eigenvalue weighted by Gasteiger charge is -2.10. The number of anilines is 1. The van der Waals surface area contributed by atoms with E-state index in [0.29, 0.717) is 20.5 Å². The van der Waals surface area contributed by atoms with E-state index in [1.807, 2.05) is 0 Å². The summed E-state index contributed by atoms with van der Waals surface area (Å²) in [5, 5.41) is 7.76. The highest BCUT2D eigenvalue weighted by Gasteiger charge is 2.16. The van der Waals surface area contributed by atoms with Gasteiger partial charge in [-0.3, -0.25) is 4.79 Å². The van der Waals surface area contributed by atoms with Crippen molar-refractivity contribution in [3.05, 3.63) is 45.1 Å². The molecule has 5 nitrogen and oxygen atoms in total. The van der Waals surface area contributed by atoms with Crippen molar-refractivity contribution in [1.82, 2.24) is 0 Å². The molecular weight excluding hydrogens is 320 g/mol. The zero-order valence-electron chi connectivity index (χ0n) is 10.4. The lowest BCUT2D eigenvalue weighted by atomic mass is 10.2. The summed E-state index contributed by atoms with van der Waals surface area (Å²) >= 11 is 6.91. The Morgan fingerprint density at radius 1 is 1.30 bits per heavy atom. The average molecular weight is 331 g/mol. The summed E-state index contributed by atoms with van der Waals surface area (Å²) < 4.78 is 23.3. The SMILES string of the molecule is Cc1c(NC(=O)c2ccc(Cl)s2)cccc1S(N)(=O)=O. The monoisotopic (exact) mass is 330 g/mol. The van der Waals surface area contributed by atoms with Crippen LogP contribution in [0.3, 0.4) is 0 Å². The van der Waals surface area contributed by atoms with Crippen LogP contribution in [0.15, 0.2) is 35.2 Å². The van der Waals surface area contributed by atoms with E-state index < -0.39 is 10.0 Å². The van der Waals surface area contributed by atoms with Crippen LogP contribution in [-0.4, -0.2) is 14.3 Å². The molecule has 2 rings (SSSR count). The number of nitrogens with two attached hydrogens (primary N) is 1. The predicted molar refractivity (Wildman–Crippen MR) is 79.8 cm³/mol. The molecule has 0 aliphatic rings. The molecule has 0 fully saturated rings. The summed E-state index contributed by atoms with van der Waals surface area (Å²) in [6, 6.07) is 7.74. The fourth-order valence-corrected chi connectivity index (χ4v) is 3.42. The number of thiophene rings is 1. The van der Waals surface area contributed by atoms with E-state index in [1.54, 1.807) is 25.1 Å². The molecule has 2 aromatic rings. The number of hydrogen-bond donors (Lipinski definition) is 2. The molecule has 1 aromatic carbocycles. The molecule has 0 radical (unpaired) electrons. The number of amides is 1. The number of rotatable bonds is 3. The molecule has 0 saturated heterocycles. The molecule has 0 unspecified atom stereocenters. The van der Waals surface area contributed by atoms with Gasteiger partial charge in [0.05, 0.1) is 14.1 Å². The van der Waals surface area contributed by atoms with Gasteiger partial charge in [0.15, 0.2) is 0 Å². The normalized spacial score (nSPS) is 11.3. The van der Waals surface area contributed by atoms with E-state index in [-0.39, 0.29) is 10.8 Å². The van der Waals surface area contributed by atoms with Crippen LogP contribution in [0.4, 0.5) is 5.69 Å². The van der Waals surface area contributed by atoms with Crippen LogP contribution < -0.4 is 10.5 Å². The Hall–Kier alpha value is -1.41. The molecule has 106 valence electrons. The van der Waals surface area contributed by atoms with Gasteiger partial charge in [-0.1, -0.05) is 17.7 Å². The van der Waals surface area contributed by atoms with Crippen molar-refractivity contribution in [2.75, 3.05) is 5.32 Å². The molecule has 1 heterocycles. The van der Waals surface area contributed by atoms with Crippen LogP contribution in [-0.2, 0) is 10.0 Å². The number of nitrogens with one attached hydrogen (secondary N) is 1. The fraction of sp³-hybridized carbons (Fsp3) is 0.0833. The van der Waals surface area contributed by atoms with Gasteiger partial charge in [-0.25, -0.2) is 13.6 Å². The second kappa shape index (κ2) is 5.53. The maximum Gasteiger partial charge on any atom is 0.265 e. The first kappa shape index (κ1) is 15.0. The molecule has 0 bridgehead atoms. The molecule has 0 atom stereocenters. The van der Waals surface area contributed by atoms with Gasteiger partial charge in [0, 0.05) is 5.69 Å². The van der Waals surface area contributed by atoms with Crippen LogP contribution >= 0.6 is 22.9 Å². The second-order valence-electron chi connectivity index (χ2n) is 4.03. The minimum absolute atomic E-state index is 0.0143. The lowest BCUT2D eigenvalue weighted by Crippen LogP contribution is -2.16. The van der Waals surface area contributed by atoms with Gasteiger partial charge in [-0.15, -0.1) is 11.3 Å². The van der Waals surface area contributed by atoms with Crippen molar-refractivity contribution in [3.63, 3.8) is 0 Å². The van der Waals surface area contributed by atoms with E-state index in [1.165, 1.54) is 12.1 Å². The minimum Gasteiger partial charge on any atom is -0.321 e. The van der Waals surface area contributed by atoms with E-state index in [9.17, 15) is 13.2 Å². The largest absolute Gasteiger partial charge is 0.321 e. The van der Waals surface area contributed by atoms with Crippen molar-refractivity contribution in [2.45, 2.75) is 11.8 Å². The summed E-state index contributed by atoms with van der Waals surface area (Å²) in [4.78, 5) is 12.4. The second-order valence-corrected chi connectivity index (χ2v) is 7.28. The third-order valence-electron chi connectivity index (χ3n) is 2.64. The standard InChI is InChI=1S/C12H11ClN2O3S2/c1-7-8(3-2-4-10(7)20(14,17)18)15-12(16)9-5-6-11(13)19-9/h2-6H,1H3,(H,15,16)(H2,14,17,18). The Kier molecular flexibility index (Phi) is 4.14. The van der Waals surface area contributed by atoms with E-state index >= 15 is 0 Å². The van der Waals surface area contributed by atoms with Gasteiger partial charge in [-0.2, -0.15) is 0 Å². The predicted octanol–water partition coefficient (Wildman–Crippen LogP) is 2.61. The number of primary sulfonamides is 1. The Balaban J connectivity index is 2.33. The average Bonchev–Trinajstić information content (AvgIpc) is 2.77. The lowest BCUT2D eigenvalue weighted by molar-refractivity contribution is 0.103. The van der Waals surface area contributed by atoms with Crippen LogP contribution in [0, 0.1) is 6.92 Å². The molecule has 0 aliphatic carbocycles. The van der Waals surface area contributed by atoms with Gasteiger partial charge in [0.25, 0.3) is 5.91 Å². The molecule has 0 spiro atoms. The smallest absolute Gasteiger partial charge is 0.265 e. The maximum absolute atomic E-state index is 12.0. The molecule has 20 heavy (non-hydrogen) atoms. The number of hydrogen-bond acceptors (Lipinski definition) is 4. The zero-order valence-corrected chi connectivity index (χ0v) is 12.8. The highest BCUT2D eigenvalue weighted by molar-refractivity contribution is 7.89. The summed E-state index contributed by atoms with van der Waals surface area (Å²) in [5.74, 6) is -0.350. The Labute approximate surface area is 125 Å². The third-order valence-corrected chi connectivity index (χ3v) is 4.92. The zero-order chi connectivity index (χ0) is 14.9. The quantitative estimate of drug-likeness (QED) is 0.906. The molecule has 8 heteroatoms. The van der Waals surface area contributed by atoms with Crippen molar-refractivity contribution in [1.29, 1.82) is 0 Å². The van der Waals surface area contributed by atoms with Crippen LogP contribution in [0.5, 0.6) is 0 Å². The van der Waals surface area contributed by atoms with Crippen molar-refractivity contribution in [2.24, 2.45) is 5.14 Å². The van der Waals surface area contributed by atoms with Gasteiger partial charge >= 0.3 is 0 Å². The Morgan fingerprint density at radius 3 is 2.55 bits per heavy atom. The molecule has 1 amide bonds. The molecule has 3 N–H and O–H groups in total. The van der Waals surface area contributed by atoms with Gasteiger partial charge in [0.1, 0.15) is 0 Å². The van der Waals surface area contributed by atoms with Crippen LogP contribution in [0.2, 0.25) is 4.34 Å². The van der Waals surface area contributed by atoms with Gasteiger partial charge in [0.2, 0.25) is 10.0 Å². The minimum atomic E-state index is -3.82. The number of sulfonamides is 1. The van der Waals surface area contributed by atoms with Gasteiger partial charge < -0.3 is 5.32 Å². The molecule has 0 saturated carbocycles. The topological polar surface area (TPSA) is 89.3 Å². The van der Waals surface area contributed by atoms with Crippen LogP contribution in [0.25, 0.3) is 0 Å². The van der Waals surface area contributed by atoms with Crippen LogP contribution in [0.1, 0.15) is 15.2 Å². The molecule has 0 aliphatic heterocycles. The molecular formula is C12H11ClN2O3S2. The van der Waals surface area contributed by atoms with E-state index in [0.717, 1.165) is 11.3 Å². The Bertz CT molecular complexity index is 769. The summed E-state index contributed by atoms with van der Waals surface area (Å²) in [7, 11) is -3.82. The number of halogens is 1. The first-order valence-corrected chi connectivity index (χ1v) is 8.22. The first-order valence-electron chi connectivity index (χ1n) is 5.48. The highest BCUT2D eigenvalue weighted by Crippen LogP contribution is 2.25. The fourth-order valence-electron chi connectivity index (χ4n) is 1.68. The van der Waals surface area contributed by atoms with Crippen molar-refractivity contribution in [3.8, 4) is 0 Å². The van der Waals surface area contributed by atoms with E-state index in [2.05, 4.69) is 5.32 Å². The number of benzene rings is 1. The van der Waals surface area contributed by atoms with Crippen molar-refractivity contribution >= 4 is 44.6 Å². The number of carbonyl (C=O) groups excluding carboxylic acids is 1.